The molecule has 3 aliphatic heterocycles. The predicted octanol–water partition coefficient (Wildman–Crippen LogP) is 3.64. The summed E-state index contributed by atoms with van der Waals surface area (Å²) in [6.07, 6.45) is 4.08. The molecule has 30 heavy (non-hydrogen) atoms. The van der Waals surface area contributed by atoms with E-state index < -0.39 is 0 Å². The lowest BCUT2D eigenvalue weighted by Gasteiger charge is -2.39. The van der Waals surface area contributed by atoms with Crippen LogP contribution in [0.2, 0.25) is 0 Å². The van der Waals surface area contributed by atoms with Crippen molar-refractivity contribution in [2.45, 2.75) is 43.9 Å². The van der Waals surface area contributed by atoms with Crippen LogP contribution in [-0.4, -0.2) is 48.7 Å². The van der Waals surface area contributed by atoms with E-state index in [1.54, 1.807) is 12.1 Å². The Hall–Kier alpha value is -2.60. The lowest BCUT2D eigenvalue weighted by molar-refractivity contribution is 0.0514. The maximum absolute atomic E-state index is 13.5. The minimum atomic E-state index is -0.358. The molecule has 5 rings (SSSR count). The molecular weight excluding hydrogens is 383 g/mol. The Morgan fingerprint density at radius 3 is 2.57 bits per heavy atom. The number of carbonyl (C=O) groups is 1. The van der Waals surface area contributed by atoms with Crippen molar-refractivity contribution in [1.82, 2.24) is 10.2 Å². The fourth-order valence-corrected chi connectivity index (χ4v) is 5.17. The first-order valence-corrected chi connectivity index (χ1v) is 10.8. The summed E-state index contributed by atoms with van der Waals surface area (Å²) in [6, 6.07) is 14.3. The molecule has 3 atom stereocenters. The Balaban J connectivity index is 1.13. The van der Waals surface area contributed by atoms with Crippen molar-refractivity contribution in [3.05, 3.63) is 59.9 Å². The number of para-hydroxylation sites is 2. The van der Waals surface area contributed by atoms with Gasteiger partial charge in [0.15, 0.2) is 11.5 Å². The molecule has 0 saturated carbocycles. The fourth-order valence-electron chi connectivity index (χ4n) is 5.17. The molecular formula is C24H27FN2O3. The Bertz CT molecular complexity index is 907. The number of hydrogen-bond acceptors (Lipinski definition) is 4. The number of piperidine rings is 1. The highest BCUT2D eigenvalue weighted by Crippen LogP contribution is 2.39. The van der Waals surface area contributed by atoms with Gasteiger partial charge in [-0.05, 0) is 68.5 Å². The molecule has 0 aliphatic carbocycles. The number of halogens is 1. The molecule has 6 heteroatoms. The van der Waals surface area contributed by atoms with Crippen molar-refractivity contribution in [2.24, 2.45) is 5.92 Å². The van der Waals surface area contributed by atoms with Crippen LogP contribution in [0, 0.1) is 11.7 Å². The van der Waals surface area contributed by atoms with Gasteiger partial charge < -0.3 is 19.7 Å². The molecule has 0 aromatic heterocycles. The maximum Gasteiger partial charge on any atom is 0.254 e. The number of amides is 1. The van der Waals surface area contributed by atoms with E-state index in [2.05, 4.69) is 5.32 Å². The number of nitrogens with zero attached hydrogens (tertiary/aromatic N) is 1. The number of carbonyl (C=O) groups excluding carboxylic acids is 1. The van der Waals surface area contributed by atoms with Gasteiger partial charge in [-0.2, -0.15) is 0 Å². The van der Waals surface area contributed by atoms with E-state index in [4.69, 9.17) is 9.47 Å². The quantitative estimate of drug-likeness (QED) is 0.818. The Morgan fingerprint density at radius 1 is 1.03 bits per heavy atom. The lowest BCUT2D eigenvalue weighted by Crippen LogP contribution is -2.48. The fraction of sp³-hybridized carbons (Fsp3) is 0.458. The average Bonchev–Trinajstić information content (AvgIpc) is 3.03. The number of fused-ring (bicyclic) bond motifs is 3. The Kier molecular flexibility index (Phi) is 5.34. The summed E-state index contributed by atoms with van der Waals surface area (Å²) in [5, 5.41) is 3.55. The summed E-state index contributed by atoms with van der Waals surface area (Å²) in [6.45, 7) is 2.21. The highest BCUT2D eigenvalue weighted by Gasteiger charge is 2.43. The molecule has 3 unspecified atom stereocenters. The standard InChI is InChI=1S/C24H27FN2O3/c25-18-5-3-4-17(12-18)24(28)27-19-8-9-20(27)11-16(10-19)13-26-14-21-15-29-22-6-1-2-7-23(22)30-21/h1-7,12,16,19-21,26H,8-11,13-15H2. The van der Waals surface area contributed by atoms with Crippen LogP contribution in [0.25, 0.3) is 0 Å². The summed E-state index contributed by atoms with van der Waals surface area (Å²) in [7, 11) is 0. The van der Waals surface area contributed by atoms with Crippen LogP contribution in [0.3, 0.4) is 0 Å². The molecule has 2 fully saturated rings. The second kappa shape index (κ2) is 8.26. The van der Waals surface area contributed by atoms with Crippen molar-refractivity contribution in [1.29, 1.82) is 0 Å². The number of ether oxygens (including phenoxy) is 2. The van der Waals surface area contributed by atoms with Gasteiger partial charge in [0, 0.05) is 24.2 Å². The summed E-state index contributed by atoms with van der Waals surface area (Å²) < 4.78 is 25.3. The third-order valence-corrected chi connectivity index (χ3v) is 6.51. The molecule has 3 heterocycles. The van der Waals surface area contributed by atoms with Gasteiger partial charge in [0.25, 0.3) is 5.91 Å². The van der Waals surface area contributed by atoms with Gasteiger partial charge in [0.05, 0.1) is 0 Å². The smallest absolute Gasteiger partial charge is 0.254 e. The van der Waals surface area contributed by atoms with Gasteiger partial charge in [-0.25, -0.2) is 4.39 Å². The number of nitrogens with one attached hydrogen (secondary N) is 1. The molecule has 5 nitrogen and oxygen atoms in total. The van der Waals surface area contributed by atoms with Crippen LogP contribution in [0.5, 0.6) is 11.5 Å². The zero-order valence-electron chi connectivity index (χ0n) is 16.9. The molecule has 2 aromatic carbocycles. The Labute approximate surface area is 176 Å². The largest absolute Gasteiger partial charge is 0.486 e. The highest BCUT2D eigenvalue weighted by atomic mass is 19.1. The van der Waals surface area contributed by atoms with E-state index in [9.17, 15) is 9.18 Å². The molecule has 2 saturated heterocycles. The van der Waals surface area contributed by atoms with Crippen molar-refractivity contribution in [3.8, 4) is 11.5 Å². The zero-order chi connectivity index (χ0) is 20.5. The van der Waals surface area contributed by atoms with Crippen molar-refractivity contribution >= 4 is 5.91 Å². The van der Waals surface area contributed by atoms with Crippen LogP contribution < -0.4 is 14.8 Å². The molecule has 1 amide bonds. The van der Waals surface area contributed by atoms with E-state index in [0.29, 0.717) is 18.1 Å². The van der Waals surface area contributed by atoms with Gasteiger partial charge in [-0.15, -0.1) is 0 Å². The summed E-state index contributed by atoms with van der Waals surface area (Å²) in [5.41, 5.74) is 0.457. The third-order valence-electron chi connectivity index (χ3n) is 6.51. The number of benzene rings is 2. The van der Waals surface area contributed by atoms with Crippen LogP contribution >= 0.6 is 0 Å². The van der Waals surface area contributed by atoms with Crippen LogP contribution in [0.1, 0.15) is 36.0 Å². The van der Waals surface area contributed by atoms with Crippen LogP contribution in [0.4, 0.5) is 4.39 Å². The molecule has 3 aliphatic rings. The first kappa shape index (κ1) is 19.4. The SMILES string of the molecule is O=C(c1cccc(F)c1)N1C2CCC1CC(CNCC1COc3ccccc3O1)C2. The zero-order valence-corrected chi connectivity index (χ0v) is 16.9. The Morgan fingerprint density at radius 2 is 1.80 bits per heavy atom. The van der Waals surface area contributed by atoms with E-state index in [1.807, 2.05) is 29.2 Å². The monoisotopic (exact) mass is 410 g/mol. The van der Waals surface area contributed by atoms with Crippen molar-refractivity contribution in [2.75, 3.05) is 19.7 Å². The van der Waals surface area contributed by atoms with E-state index in [0.717, 1.165) is 50.3 Å². The first-order valence-electron chi connectivity index (χ1n) is 10.8. The second-order valence-electron chi connectivity index (χ2n) is 8.60. The van der Waals surface area contributed by atoms with E-state index in [-0.39, 0.29) is 29.9 Å². The topological polar surface area (TPSA) is 50.8 Å². The molecule has 0 spiro atoms. The minimum absolute atomic E-state index is 0.00580. The molecule has 2 aromatic rings. The lowest BCUT2D eigenvalue weighted by atomic mass is 9.90. The number of hydrogen-bond donors (Lipinski definition) is 1. The van der Waals surface area contributed by atoms with Gasteiger partial charge in [-0.1, -0.05) is 18.2 Å². The van der Waals surface area contributed by atoms with Crippen LogP contribution in [0.15, 0.2) is 48.5 Å². The van der Waals surface area contributed by atoms with Crippen molar-refractivity contribution < 1.29 is 18.7 Å². The first-order chi connectivity index (χ1) is 14.7. The molecule has 2 bridgehead atoms. The van der Waals surface area contributed by atoms with Crippen molar-refractivity contribution in [3.63, 3.8) is 0 Å². The predicted molar refractivity (Wildman–Crippen MR) is 111 cm³/mol. The van der Waals surface area contributed by atoms with Crippen LogP contribution in [-0.2, 0) is 0 Å². The normalized spacial score (nSPS) is 27.2. The van der Waals surface area contributed by atoms with Gasteiger partial charge in [-0.3, -0.25) is 4.79 Å². The maximum atomic E-state index is 13.5. The summed E-state index contributed by atoms with van der Waals surface area (Å²) in [4.78, 5) is 15.0. The van der Waals surface area contributed by atoms with Gasteiger partial charge in [0.1, 0.15) is 18.5 Å². The third kappa shape index (κ3) is 3.88. The molecule has 158 valence electrons. The van der Waals surface area contributed by atoms with E-state index in [1.165, 1.54) is 12.1 Å². The van der Waals surface area contributed by atoms with Gasteiger partial charge >= 0.3 is 0 Å². The average molecular weight is 410 g/mol. The summed E-state index contributed by atoms with van der Waals surface area (Å²) >= 11 is 0. The molecule has 1 N–H and O–H groups in total. The summed E-state index contributed by atoms with van der Waals surface area (Å²) in [5.74, 6) is 1.76. The minimum Gasteiger partial charge on any atom is -0.486 e. The van der Waals surface area contributed by atoms with Gasteiger partial charge in [0.2, 0.25) is 0 Å². The molecule has 0 radical (unpaired) electrons. The number of rotatable bonds is 5. The van der Waals surface area contributed by atoms with E-state index >= 15 is 0 Å². The second-order valence-corrected chi connectivity index (χ2v) is 8.60. The highest BCUT2D eigenvalue weighted by molar-refractivity contribution is 5.95.